The van der Waals surface area contributed by atoms with E-state index in [1.54, 1.807) is 12.3 Å². The molecule has 3 aliphatic rings. The first-order valence-electron chi connectivity index (χ1n) is 16.1. The number of aliphatic hydroxyl groups is 1. The molecule has 0 spiro atoms. The zero-order chi connectivity index (χ0) is 33.5. The zero-order valence-corrected chi connectivity index (χ0v) is 28.1. The van der Waals surface area contributed by atoms with Crippen LogP contribution in [0.3, 0.4) is 0 Å². The molecule has 4 atom stereocenters. The number of nitrogens with zero attached hydrogens (tertiary/aromatic N) is 5. The molecule has 2 saturated heterocycles. The van der Waals surface area contributed by atoms with E-state index in [9.17, 15) is 20.3 Å². The minimum absolute atomic E-state index is 0.300. The molecule has 4 heterocycles. The van der Waals surface area contributed by atoms with Crippen LogP contribution in [-0.2, 0) is 22.6 Å². The molecule has 4 aromatic rings. The number of aromatic nitrogens is 2. The Bertz CT molecular complexity index is 1950. The maximum atomic E-state index is 11.5. The topological polar surface area (TPSA) is 127 Å². The van der Waals surface area contributed by atoms with E-state index in [1.807, 2.05) is 67.6 Å². The number of rotatable bonds is 9. The Morgan fingerprint density at radius 2 is 1.88 bits per heavy atom. The second kappa shape index (κ2) is 13.1. The van der Waals surface area contributed by atoms with E-state index < -0.39 is 15.6 Å². The molecule has 2 N–H and O–H groups in total. The number of benzene rings is 2. The predicted molar refractivity (Wildman–Crippen MR) is 185 cm³/mol. The lowest BCUT2D eigenvalue weighted by Crippen LogP contribution is -2.44. The highest BCUT2D eigenvalue weighted by Crippen LogP contribution is 2.59. The van der Waals surface area contributed by atoms with Crippen LogP contribution in [-0.4, -0.2) is 73.1 Å². The SMILES string of the molecule is CC1(Cl)C(c2ccccc2)=CC=CC1(Sc1cc(CN2CC[C@@H](O)C2)ccn1)c1nc2cc(CN3CC[C@@H](C(=O)O)C3)cc(C#N)c2o1. The summed E-state index contributed by atoms with van der Waals surface area (Å²) in [5, 5.41) is 30.5. The fourth-order valence-electron chi connectivity index (χ4n) is 7.07. The molecule has 2 aromatic heterocycles. The van der Waals surface area contributed by atoms with Crippen LogP contribution >= 0.6 is 23.4 Å². The Labute approximate surface area is 288 Å². The van der Waals surface area contributed by atoms with Crippen molar-refractivity contribution in [3.8, 4) is 6.07 Å². The summed E-state index contributed by atoms with van der Waals surface area (Å²) in [7, 11) is 0. The molecule has 0 amide bonds. The van der Waals surface area contributed by atoms with E-state index in [2.05, 4.69) is 21.9 Å². The molecular weight excluding hydrogens is 646 g/mol. The summed E-state index contributed by atoms with van der Waals surface area (Å²) in [5.41, 5.74) is 5.09. The van der Waals surface area contributed by atoms with Crippen LogP contribution in [0.5, 0.6) is 0 Å². The van der Waals surface area contributed by atoms with Crippen molar-refractivity contribution in [3.05, 3.63) is 107 Å². The minimum atomic E-state index is -1.07. The number of carbonyl (C=O) groups is 1. The zero-order valence-electron chi connectivity index (χ0n) is 26.6. The molecule has 246 valence electrons. The lowest BCUT2D eigenvalue weighted by Gasteiger charge is -2.43. The van der Waals surface area contributed by atoms with Gasteiger partial charge in [0.25, 0.3) is 0 Å². The number of hydrogen-bond acceptors (Lipinski definition) is 9. The van der Waals surface area contributed by atoms with E-state index in [0.717, 1.165) is 40.3 Å². The average molecular weight is 682 g/mol. The molecule has 1 aliphatic carbocycles. The summed E-state index contributed by atoms with van der Waals surface area (Å²) in [4.78, 5) is 24.6. The quantitative estimate of drug-likeness (QED) is 0.197. The predicted octanol–water partition coefficient (Wildman–Crippen LogP) is 6.21. The number of hydrogen-bond donors (Lipinski definition) is 2. The lowest BCUT2D eigenvalue weighted by atomic mass is 9.78. The molecule has 2 aliphatic heterocycles. The van der Waals surface area contributed by atoms with E-state index >= 15 is 0 Å². The van der Waals surface area contributed by atoms with Gasteiger partial charge in [0.15, 0.2) is 5.58 Å². The van der Waals surface area contributed by atoms with Crippen LogP contribution in [0.2, 0.25) is 0 Å². The van der Waals surface area contributed by atoms with Crippen molar-refractivity contribution in [2.45, 2.75) is 53.6 Å². The smallest absolute Gasteiger partial charge is 0.307 e. The summed E-state index contributed by atoms with van der Waals surface area (Å²) in [6, 6.07) is 20.1. The van der Waals surface area contributed by atoms with Gasteiger partial charge in [-0.2, -0.15) is 5.26 Å². The van der Waals surface area contributed by atoms with Crippen molar-refractivity contribution in [2.24, 2.45) is 5.92 Å². The van der Waals surface area contributed by atoms with Crippen LogP contribution in [0.25, 0.3) is 16.7 Å². The Balaban J connectivity index is 1.29. The number of aliphatic hydroxyl groups excluding tert-OH is 1. The van der Waals surface area contributed by atoms with Gasteiger partial charge in [0.2, 0.25) is 5.89 Å². The van der Waals surface area contributed by atoms with E-state index in [4.69, 9.17) is 26.0 Å². The van der Waals surface area contributed by atoms with E-state index in [-0.39, 0.29) is 12.0 Å². The summed E-state index contributed by atoms with van der Waals surface area (Å²) in [5.74, 6) is -0.813. The van der Waals surface area contributed by atoms with Crippen LogP contribution < -0.4 is 0 Å². The molecule has 0 bridgehead atoms. The van der Waals surface area contributed by atoms with E-state index in [0.29, 0.717) is 61.7 Å². The highest BCUT2D eigenvalue weighted by atomic mass is 35.5. The fourth-order valence-corrected chi connectivity index (χ4v) is 8.78. The summed E-state index contributed by atoms with van der Waals surface area (Å²) in [6.45, 7) is 5.81. The number of alkyl halides is 1. The number of likely N-dealkylation sites (tertiary alicyclic amines) is 2. The lowest BCUT2D eigenvalue weighted by molar-refractivity contribution is -0.141. The number of carboxylic acids is 1. The van der Waals surface area contributed by atoms with Gasteiger partial charge in [0.05, 0.1) is 27.5 Å². The average Bonchev–Trinajstić information content (AvgIpc) is 3.82. The highest BCUT2D eigenvalue weighted by molar-refractivity contribution is 8.00. The first kappa shape index (κ1) is 32.6. The standard InChI is InChI=1S/C37H36ClN5O4S/c1-36(38)30(26-6-3-2-4-7-26)8-5-12-37(36,48-32-18-24(9-13-40-32)20-43-15-11-29(44)23-43)35-41-31-17-25(16-28(19-39)33(31)47-35)21-42-14-10-27(22-42)34(45)46/h2-9,12-13,16-18,27,29,44H,10-11,14-15,20-23H2,1H3,(H,45,46)/t27-,29-,36?,37?/m1/s1. The van der Waals surface area contributed by atoms with Crippen molar-refractivity contribution in [1.29, 1.82) is 5.26 Å². The first-order valence-corrected chi connectivity index (χ1v) is 17.3. The second-order valence-corrected chi connectivity index (χ2v) is 15.0. The molecule has 2 aromatic carbocycles. The number of allylic oxidation sites excluding steroid dienone is 3. The number of fused-ring (bicyclic) bond motifs is 1. The number of pyridine rings is 1. The summed E-state index contributed by atoms with van der Waals surface area (Å²) in [6.07, 6.45) is 8.87. The van der Waals surface area contributed by atoms with Gasteiger partial charge < -0.3 is 14.6 Å². The van der Waals surface area contributed by atoms with Gasteiger partial charge in [0, 0.05) is 38.9 Å². The van der Waals surface area contributed by atoms with Gasteiger partial charge in [-0.15, -0.1) is 11.6 Å². The number of nitriles is 1. The number of aliphatic carboxylic acids is 1. The highest BCUT2D eigenvalue weighted by Gasteiger charge is 2.55. The first-order chi connectivity index (χ1) is 23.1. The van der Waals surface area contributed by atoms with Crippen molar-refractivity contribution in [2.75, 3.05) is 26.2 Å². The van der Waals surface area contributed by atoms with Gasteiger partial charge in [-0.25, -0.2) is 9.97 Å². The molecule has 2 fully saturated rings. The fraction of sp³-hybridized carbons (Fsp3) is 0.351. The van der Waals surface area contributed by atoms with Gasteiger partial charge in [0.1, 0.15) is 16.3 Å². The summed E-state index contributed by atoms with van der Waals surface area (Å²) < 4.78 is 5.51. The third-order valence-corrected chi connectivity index (χ3v) is 11.7. The normalized spacial score (nSPS) is 26.2. The maximum absolute atomic E-state index is 11.5. The van der Waals surface area contributed by atoms with Crippen molar-refractivity contribution >= 4 is 46.0 Å². The Hall–Kier alpha value is -3.98. The van der Waals surface area contributed by atoms with Crippen molar-refractivity contribution in [1.82, 2.24) is 19.8 Å². The van der Waals surface area contributed by atoms with Gasteiger partial charge in [-0.1, -0.05) is 60.3 Å². The van der Waals surface area contributed by atoms with Crippen LogP contribution in [0.4, 0.5) is 0 Å². The summed E-state index contributed by atoms with van der Waals surface area (Å²) >= 11 is 9.20. The van der Waals surface area contributed by atoms with Gasteiger partial charge in [-0.05, 0) is 72.8 Å². The molecule has 2 unspecified atom stereocenters. The number of oxazole rings is 1. The van der Waals surface area contributed by atoms with Crippen molar-refractivity contribution < 1.29 is 19.4 Å². The van der Waals surface area contributed by atoms with Crippen LogP contribution in [0.1, 0.15) is 47.9 Å². The molecule has 0 saturated carbocycles. The monoisotopic (exact) mass is 681 g/mol. The molecule has 9 nitrogen and oxygen atoms in total. The third-order valence-electron chi connectivity index (χ3n) is 9.62. The number of β-amino-alcohol motifs (C(OH)–C–C–N with tert-alkyl or cyclic N) is 1. The molecular formula is C37H36ClN5O4S. The minimum Gasteiger partial charge on any atom is -0.481 e. The van der Waals surface area contributed by atoms with Gasteiger partial charge in [-0.3, -0.25) is 14.6 Å². The Morgan fingerprint density at radius 1 is 1.10 bits per heavy atom. The van der Waals surface area contributed by atoms with Crippen molar-refractivity contribution in [3.63, 3.8) is 0 Å². The second-order valence-electron chi connectivity index (χ2n) is 13.0. The molecule has 48 heavy (non-hydrogen) atoms. The Morgan fingerprint density at radius 3 is 2.60 bits per heavy atom. The molecule has 11 heteroatoms. The largest absolute Gasteiger partial charge is 0.481 e. The molecule has 7 rings (SSSR count). The third kappa shape index (κ3) is 6.17. The number of halogens is 1. The number of carboxylic acid groups (broad SMARTS) is 1. The van der Waals surface area contributed by atoms with Crippen LogP contribution in [0, 0.1) is 17.2 Å². The maximum Gasteiger partial charge on any atom is 0.307 e. The number of thioether (sulfide) groups is 1. The van der Waals surface area contributed by atoms with Gasteiger partial charge >= 0.3 is 5.97 Å². The van der Waals surface area contributed by atoms with E-state index in [1.165, 1.54) is 11.8 Å². The Kier molecular flexibility index (Phi) is 8.92. The van der Waals surface area contributed by atoms with Crippen LogP contribution in [0.15, 0.2) is 88.5 Å². The molecule has 0 radical (unpaired) electrons.